The van der Waals surface area contributed by atoms with E-state index < -0.39 is 0 Å². The molecular formula is C27H23FN6O. The summed E-state index contributed by atoms with van der Waals surface area (Å²) >= 11 is 0. The van der Waals surface area contributed by atoms with Gasteiger partial charge in [0.15, 0.2) is 0 Å². The summed E-state index contributed by atoms with van der Waals surface area (Å²) in [4.78, 5) is 18.2. The second-order valence-corrected chi connectivity index (χ2v) is 8.71. The molecule has 0 spiro atoms. The summed E-state index contributed by atoms with van der Waals surface area (Å²) in [6.45, 7) is 2.44. The molecular weight excluding hydrogens is 443 g/mol. The van der Waals surface area contributed by atoms with Gasteiger partial charge in [-0.1, -0.05) is 18.2 Å². The van der Waals surface area contributed by atoms with Gasteiger partial charge in [-0.05, 0) is 55.8 Å². The average Bonchev–Trinajstić information content (AvgIpc) is 3.43. The zero-order valence-electron chi connectivity index (χ0n) is 19.1. The van der Waals surface area contributed by atoms with E-state index in [0.717, 1.165) is 52.1 Å². The van der Waals surface area contributed by atoms with Crippen molar-refractivity contribution >= 4 is 16.9 Å². The molecule has 0 fully saturated rings. The molecule has 1 aliphatic heterocycles. The van der Waals surface area contributed by atoms with Crippen LogP contribution in [0, 0.1) is 12.7 Å². The Kier molecular flexibility index (Phi) is 5.13. The number of nitrogen functional groups attached to an aromatic ring is 1. The lowest BCUT2D eigenvalue weighted by Gasteiger charge is -2.18. The number of imidazole rings is 1. The van der Waals surface area contributed by atoms with Gasteiger partial charge in [-0.25, -0.2) is 24.3 Å². The Morgan fingerprint density at radius 3 is 2.71 bits per heavy atom. The van der Waals surface area contributed by atoms with Gasteiger partial charge in [0.05, 0.1) is 28.6 Å². The molecule has 0 amide bonds. The van der Waals surface area contributed by atoms with E-state index in [-0.39, 0.29) is 17.8 Å². The number of aryl methyl sites for hydroxylation is 2. The van der Waals surface area contributed by atoms with Crippen LogP contribution < -0.4 is 10.5 Å². The molecule has 4 heterocycles. The van der Waals surface area contributed by atoms with E-state index in [1.165, 1.54) is 12.1 Å². The largest absolute Gasteiger partial charge is 0.475 e. The van der Waals surface area contributed by atoms with Crippen molar-refractivity contribution in [3.63, 3.8) is 0 Å². The number of benzene rings is 2. The Bertz CT molecular complexity index is 1550. The normalized spacial score (nSPS) is 14.9. The standard InChI is InChI=1S/C27H23FN6O/c1-16-14-18-4-2-3-5-21(18)31-26(16)35-15-20-10-11-23-33-24(17-6-8-19(28)9-7-17)25(34(20)23)22-12-13-30-27(29)32-22/h2-9,12-14,20H,10-11,15H2,1H3,(H2,29,30,32). The van der Waals surface area contributed by atoms with Crippen LogP contribution in [0.5, 0.6) is 5.88 Å². The predicted molar refractivity (Wildman–Crippen MR) is 132 cm³/mol. The molecule has 5 aromatic rings. The van der Waals surface area contributed by atoms with E-state index in [1.54, 1.807) is 18.3 Å². The average molecular weight is 467 g/mol. The molecule has 0 aliphatic carbocycles. The molecule has 0 radical (unpaired) electrons. The first-order valence-corrected chi connectivity index (χ1v) is 11.5. The minimum atomic E-state index is -0.294. The van der Waals surface area contributed by atoms with Crippen molar-refractivity contribution in [3.8, 4) is 28.5 Å². The van der Waals surface area contributed by atoms with Crippen molar-refractivity contribution in [2.45, 2.75) is 25.8 Å². The molecule has 0 saturated carbocycles. The maximum Gasteiger partial charge on any atom is 0.220 e. The zero-order chi connectivity index (χ0) is 23.9. The van der Waals surface area contributed by atoms with Crippen LogP contribution in [0.15, 0.2) is 66.9 Å². The number of nitrogens with zero attached hydrogens (tertiary/aromatic N) is 5. The second kappa shape index (κ2) is 8.47. The molecule has 3 aromatic heterocycles. The Morgan fingerprint density at radius 1 is 1.06 bits per heavy atom. The number of pyridine rings is 1. The van der Waals surface area contributed by atoms with Crippen LogP contribution in [0.4, 0.5) is 10.3 Å². The van der Waals surface area contributed by atoms with Gasteiger partial charge in [-0.15, -0.1) is 0 Å². The molecule has 1 unspecified atom stereocenters. The van der Waals surface area contributed by atoms with Crippen LogP contribution in [0.2, 0.25) is 0 Å². The van der Waals surface area contributed by atoms with E-state index >= 15 is 0 Å². The van der Waals surface area contributed by atoms with E-state index in [0.29, 0.717) is 18.2 Å². The monoisotopic (exact) mass is 466 g/mol. The van der Waals surface area contributed by atoms with E-state index in [2.05, 4.69) is 20.6 Å². The summed E-state index contributed by atoms with van der Waals surface area (Å²) < 4.78 is 22.1. The zero-order valence-corrected chi connectivity index (χ0v) is 19.1. The van der Waals surface area contributed by atoms with Crippen molar-refractivity contribution in [1.82, 2.24) is 24.5 Å². The Balaban J connectivity index is 1.39. The summed E-state index contributed by atoms with van der Waals surface area (Å²) in [5.41, 5.74) is 10.9. The maximum absolute atomic E-state index is 13.6. The van der Waals surface area contributed by atoms with Crippen molar-refractivity contribution < 1.29 is 9.13 Å². The van der Waals surface area contributed by atoms with E-state index in [4.69, 9.17) is 20.4 Å². The first-order chi connectivity index (χ1) is 17.1. The number of rotatable bonds is 5. The lowest BCUT2D eigenvalue weighted by molar-refractivity contribution is 0.246. The number of halogens is 1. The number of ether oxygens (including phenoxy) is 1. The number of hydrogen-bond acceptors (Lipinski definition) is 6. The molecule has 0 saturated heterocycles. The lowest BCUT2D eigenvalue weighted by Crippen LogP contribution is -2.16. The highest BCUT2D eigenvalue weighted by Crippen LogP contribution is 2.39. The van der Waals surface area contributed by atoms with Gasteiger partial charge in [-0.2, -0.15) is 0 Å². The third kappa shape index (κ3) is 3.86. The number of para-hydroxylation sites is 1. The van der Waals surface area contributed by atoms with Crippen LogP contribution in [0.1, 0.15) is 23.9 Å². The smallest absolute Gasteiger partial charge is 0.220 e. The van der Waals surface area contributed by atoms with Crippen LogP contribution in [-0.2, 0) is 6.42 Å². The summed E-state index contributed by atoms with van der Waals surface area (Å²) in [6.07, 6.45) is 3.31. The van der Waals surface area contributed by atoms with Crippen molar-refractivity contribution in [3.05, 3.63) is 84.1 Å². The summed E-state index contributed by atoms with van der Waals surface area (Å²) in [5.74, 6) is 1.46. The molecule has 0 bridgehead atoms. The molecule has 7 nitrogen and oxygen atoms in total. The fraction of sp³-hybridized carbons (Fsp3) is 0.185. The number of aromatic nitrogens is 5. The van der Waals surface area contributed by atoms with Gasteiger partial charge in [-0.3, -0.25) is 0 Å². The minimum Gasteiger partial charge on any atom is -0.475 e. The molecule has 2 aromatic carbocycles. The van der Waals surface area contributed by atoms with Crippen LogP contribution in [-0.4, -0.2) is 31.1 Å². The van der Waals surface area contributed by atoms with Crippen molar-refractivity contribution in [1.29, 1.82) is 0 Å². The Morgan fingerprint density at radius 2 is 1.89 bits per heavy atom. The fourth-order valence-corrected chi connectivity index (χ4v) is 4.72. The van der Waals surface area contributed by atoms with Crippen molar-refractivity contribution in [2.24, 2.45) is 0 Å². The molecule has 1 atom stereocenters. The Labute approximate surface area is 201 Å². The van der Waals surface area contributed by atoms with Gasteiger partial charge in [0.1, 0.15) is 18.2 Å². The minimum absolute atomic E-state index is 0.0329. The highest BCUT2D eigenvalue weighted by molar-refractivity contribution is 5.80. The molecule has 1 aliphatic rings. The van der Waals surface area contributed by atoms with Gasteiger partial charge in [0, 0.05) is 29.1 Å². The van der Waals surface area contributed by atoms with E-state index in [9.17, 15) is 4.39 Å². The van der Waals surface area contributed by atoms with Gasteiger partial charge < -0.3 is 15.0 Å². The Hall–Kier alpha value is -4.33. The molecule has 8 heteroatoms. The number of anilines is 1. The molecule has 6 rings (SSSR count). The first-order valence-electron chi connectivity index (χ1n) is 11.5. The fourth-order valence-electron chi connectivity index (χ4n) is 4.72. The van der Waals surface area contributed by atoms with Gasteiger partial charge >= 0.3 is 0 Å². The van der Waals surface area contributed by atoms with Crippen LogP contribution in [0.3, 0.4) is 0 Å². The predicted octanol–water partition coefficient (Wildman–Crippen LogP) is 5.15. The van der Waals surface area contributed by atoms with Gasteiger partial charge in [0.25, 0.3) is 0 Å². The third-order valence-electron chi connectivity index (χ3n) is 6.37. The number of hydrogen-bond donors (Lipinski definition) is 1. The van der Waals surface area contributed by atoms with Crippen LogP contribution in [0.25, 0.3) is 33.5 Å². The molecule has 2 N–H and O–H groups in total. The highest BCUT2D eigenvalue weighted by atomic mass is 19.1. The topological polar surface area (TPSA) is 91.7 Å². The number of nitrogens with two attached hydrogens (primary N) is 1. The highest BCUT2D eigenvalue weighted by Gasteiger charge is 2.31. The van der Waals surface area contributed by atoms with E-state index in [1.807, 2.05) is 37.3 Å². The van der Waals surface area contributed by atoms with Crippen LogP contribution >= 0.6 is 0 Å². The SMILES string of the molecule is Cc1cc2ccccc2nc1OCC1CCc2nc(-c3ccc(F)cc3)c(-c3ccnc(N)n3)n21. The third-order valence-corrected chi connectivity index (χ3v) is 6.37. The number of fused-ring (bicyclic) bond motifs is 2. The lowest BCUT2D eigenvalue weighted by atomic mass is 10.1. The molecule has 174 valence electrons. The second-order valence-electron chi connectivity index (χ2n) is 8.71. The van der Waals surface area contributed by atoms with Gasteiger partial charge in [0.2, 0.25) is 11.8 Å². The summed E-state index contributed by atoms with van der Waals surface area (Å²) in [6, 6.07) is 18.3. The summed E-state index contributed by atoms with van der Waals surface area (Å²) in [7, 11) is 0. The summed E-state index contributed by atoms with van der Waals surface area (Å²) in [5, 5.41) is 1.09. The maximum atomic E-state index is 13.6. The first kappa shape index (κ1) is 21.2. The molecule has 35 heavy (non-hydrogen) atoms. The quantitative estimate of drug-likeness (QED) is 0.385. The van der Waals surface area contributed by atoms with Crippen molar-refractivity contribution in [2.75, 3.05) is 12.3 Å².